The molecule has 5 aliphatic rings. The van der Waals surface area contributed by atoms with Gasteiger partial charge in [0.15, 0.2) is 17.6 Å². The second-order valence-electron chi connectivity index (χ2n) is 12.3. The second kappa shape index (κ2) is 10.9. The first-order valence-electron chi connectivity index (χ1n) is 15.2. The molecule has 3 fully saturated rings. The van der Waals surface area contributed by atoms with Crippen LogP contribution in [0.2, 0.25) is 0 Å². The lowest BCUT2D eigenvalue weighted by atomic mass is 9.74. The van der Waals surface area contributed by atoms with Crippen molar-refractivity contribution in [2.45, 2.75) is 62.5 Å². The topological polar surface area (TPSA) is 115 Å². The Hall–Kier alpha value is -4.05. The highest BCUT2D eigenvalue weighted by atomic mass is 16.6. The highest BCUT2D eigenvalue weighted by Gasteiger charge is 2.73. The summed E-state index contributed by atoms with van der Waals surface area (Å²) in [6, 6.07) is 13.5. The number of anilines is 1. The van der Waals surface area contributed by atoms with Gasteiger partial charge >= 0.3 is 0 Å². The summed E-state index contributed by atoms with van der Waals surface area (Å²) in [5, 5.41) is 6.21. The molecule has 4 aliphatic heterocycles. The smallest absolute Gasteiger partial charge is 0.246 e. The van der Waals surface area contributed by atoms with Gasteiger partial charge in [-0.2, -0.15) is 0 Å². The summed E-state index contributed by atoms with van der Waals surface area (Å²) >= 11 is 0. The van der Waals surface area contributed by atoms with Crippen molar-refractivity contribution in [2.24, 2.45) is 17.8 Å². The van der Waals surface area contributed by atoms with Gasteiger partial charge in [0, 0.05) is 17.8 Å². The number of nitrogens with one attached hydrogen (secondary N) is 2. The van der Waals surface area contributed by atoms with Crippen LogP contribution in [-0.4, -0.2) is 72.8 Å². The van der Waals surface area contributed by atoms with Crippen LogP contribution in [0.4, 0.5) is 5.69 Å². The van der Waals surface area contributed by atoms with Crippen molar-refractivity contribution in [3.63, 3.8) is 0 Å². The number of benzene rings is 2. The number of carbonyl (C=O) groups excluding carboxylic acids is 3. The Bertz CT molecular complexity index is 1460. The van der Waals surface area contributed by atoms with Crippen LogP contribution in [0.5, 0.6) is 17.2 Å². The summed E-state index contributed by atoms with van der Waals surface area (Å²) in [4.78, 5) is 43.9. The molecule has 0 aromatic heterocycles. The van der Waals surface area contributed by atoms with Crippen molar-refractivity contribution in [2.75, 3.05) is 25.6 Å². The molecule has 3 amide bonds. The first kappa shape index (κ1) is 27.8. The van der Waals surface area contributed by atoms with Gasteiger partial charge in [-0.3, -0.25) is 14.4 Å². The van der Waals surface area contributed by atoms with Crippen LogP contribution in [0.25, 0.3) is 0 Å². The molecule has 2 bridgehead atoms. The molecule has 8 atom stereocenters. The zero-order valence-electron chi connectivity index (χ0n) is 24.4. The number of para-hydroxylation sites is 2. The van der Waals surface area contributed by atoms with Gasteiger partial charge in [0.05, 0.1) is 31.6 Å². The van der Waals surface area contributed by atoms with E-state index in [-0.39, 0.29) is 36.9 Å². The summed E-state index contributed by atoms with van der Waals surface area (Å²) in [7, 11) is 1.56. The fourth-order valence-electron chi connectivity index (χ4n) is 7.56. The maximum atomic E-state index is 14.4. The zero-order chi connectivity index (χ0) is 29.7. The summed E-state index contributed by atoms with van der Waals surface area (Å²) in [6.07, 6.45) is 6.67. The van der Waals surface area contributed by atoms with Crippen LogP contribution >= 0.6 is 0 Å². The van der Waals surface area contributed by atoms with Crippen molar-refractivity contribution >= 4 is 23.4 Å². The number of hydrogen-bond donors (Lipinski definition) is 2. The van der Waals surface area contributed by atoms with E-state index in [1.807, 2.05) is 36.4 Å². The molecule has 226 valence electrons. The summed E-state index contributed by atoms with van der Waals surface area (Å²) in [5.41, 5.74) is -0.701. The molecule has 2 N–H and O–H groups in total. The average molecular weight is 588 g/mol. The van der Waals surface area contributed by atoms with E-state index in [0.29, 0.717) is 28.9 Å². The van der Waals surface area contributed by atoms with E-state index in [9.17, 15) is 14.4 Å². The van der Waals surface area contributed by atoms with Crippen LogP contribution in [0.3, 0.4) is 0 Å². The van der Waals surface area contributed by atoms with E-state index < -0.39 is 35.7 Å². The van der Waals surface area contributed by atoms with Crippen LogP contribution in [-0.2, 0) is 19.1 Å². The molecule has 2 aromatic rings. The molecular formula is C33H37N3O7. The number of rotatable bonds is 7. The van der Waals surface area contributed by atoms with Crippen LogP contribution < -0.4 is 24.8 Å². The van der Waals surface area contributed by atoms with Gasteiger partial charge in [-0.05, 0) is 43.0 Å². The van der Waals surface area contributed by atoms with E-state index in [2.05, 4.69) is 17.6 Å². The van der Waals surface area contributed by atoms with Gasteiger partial charge in [-0.15, -0.1) is 0 Å². The highest BCUT2D eigenvalue weighted by Crippen LogP contribution is 2.55. The number of likely N-dealkylation sites (tertiary alicyclic amines) is 1. The quantitative estimate of drug-likeness (QED) is 0.478. The fourth-order valence-corrected chi connectivity index (χ4v) is 7.56. The molecule has 43 heavy (non-hydrogen) atoms. The van der Waals surface area contributed by atoms with Gasteiger partial charge in [0.25, 0.3) is 0 Å². The molecule has 0 unspecified atom stereocenters. The lowest BCUT2D eigenvalue weighted by molar-refractivity contribution is -0.143. The predicted octanol–water partition coefficient (Wildman–Crippen LogP) is 3.32. The van der Waals surface area contributed by atoms with Crippen LogP contribution in [0, 0.1) is 17.8 Å². The Morgan fingerprint density at radius 1 is 1.07 bits per heavy atom. The average Bonchev–Trinajstić information content (AvgIpc) is 3.66. The number of nitrogens with zero attached hydrogens (tertiary/aromatic N) is 1. The third-order valence-corrected chi connectivity index (χ3v) is 9.67. The summed E-state index contributed by atoms with van der Waals surface area (Å²) in [6.45, 7) is 2.51. The Morgan fingerprint density at radius 2 is 1.88 bits per heavy atom. The second-order valence-corrected chi connectivity index (χ2v) is 12.3. The van der Waals surface area contributed by atoms with Crippen LogP contribution in [0.1, 0.15) is 32.6 Å². The zero-order valence-corrected chi connectivity index (χ0v) is 24.4. The van der Waals surface area contributed by atoms with Gasteiger partial charge in [0.2, 0.25) is 17.7 Å². The molecular weight excluding hydrogens is 550 g/mol. The standard InChI is InChI=1S/C33H37N3O7/c1-19-8-3-4-11-23(19)35-31(38)29-33-15-14-26(43-33)27(30(37)34-20-9-7-10-21(16-20)40-2)28(33)32(39)36(29)17-22-18-41-24-12-5-6-13-25(24)42-22/h5-7,9-10,12-16,19,22-23,26-29H,3-4,8,11,17-18H2,1-2H3,(H,34,37)(H,35,38)/t19-,22+,23+,26+,27-,28+,29+,33+/m0/s1. The molecule has 2 aromatic carbocycles. The van der Waals surface area contributed by atoms with E-state index in [0.717, 1.165) is 25.7 Å². The van der Waals surface area contributed by atoms with E-state index >= 15 is 0 Å². The van der Waals surface area contributed by atoms with Crippen LogP contribution in [0.15, 0.2) is 60.7 Å². The molecule has 10 nitrogen and oxygen atoms in total. The van der Waals surface area contributed by atoms with Crippen molar-refractivity contribution in [3.8, 4) is 17.2 Å². The number of hydrogen-bond acceptors (Lipinski definition) is 7. The maximum absolute atomic E-state index is 14.4. The lowest BCUT2D eigenvalue weighted by Gasteiger charge is -2.37. The van der Waals surface area contributed by atoms with E-state index in [1.165, 1.54) is 0 Å². The van der Waals surface area contributed by atoms with Gasteiger partial charge in [0.1, 0.15) is 24.0 Å². The lowest BCUT2D eigenvalue weighted by Crippen LogP contribution is -2.58. The summed E-state index contributed by atoms with van der Waals surface area (Å²) < 4.78 is 23.9. The molecule has 1 spiro atoms. The Kier molecular flexibility index (Phi) is 7.04. The predicted molar refractivity (Wildman–Crippen MR) is 157 cm³/mol. The SMILES string of the molecule is COc1cccc(NC(=O)[C@H]2[C@H]3C=C[C@@]4(O3)[C@H]2C(=O)N(C[C@@H]2COc3ccccc3O2)[C@@H]4C(=O)N[C@@H]2CCCC[C@@H]2C)c1. The molecule has 10 heteroatoms. The Morgan fingerprint density at radius 3 is 2.70 bits per heavy atom. The minimum atomic E-state index is -1.26. The normalized spacial score (nSPS) is 33.7. The minimum absolute atomic E-state index is 0.0181. The fraction of sp³-hybridized carbons (Fsp3) is 0.485. The largest absolute Gasteiger partial charge is 0.497 e. The first-order valence-corrected chi connectivity index (χ1v) is 15.2. The number of carbonyl (C=O) groups is 3. The van der Waals surface area contributed by atoms with E-state index in [4.69, 9.17) is 18.9 Å². The number of ether oxygens (including phenoxy) is 4. The number of amides is 3. The van der Waals surface area contributed by atoms with Crippen molar-refractivity contribution in [1.29, 1.82) is 0 Å². The number of methoxy groups -OCH3 is 1. The monoisotopic (exact) mass is 587 g/mol. The maximum Gasteiger partial charge on any atom is 0.246 e. The number of fused-ring (bicyclic) bond motifs is 2. The van der Waals surface area contributed by atoms with Crippen molar-refractivity contribution in [3.05, 3.63) is 60.7 Å². The molecule has 0 radical (unpaired) electrons. The summed E-state index contributed by atoms with van der Waals surface area (Å²) in [5.74, 6) is -0.382. The Balaban J connectivity index is 1.19. The van der Waals surface area contributed by atoms with Crippen molar-refractivity contribution < 1.29 is 33.3 Å². The molecule has 1 aliphatic carbocycles. The molecule has 7 rings (SSSR count). The highest BCUT2D eigenvalue weighted by molar-refractivity contribution is 6.02. The van der Waals surface area contributed by atoms with Crippen molar-refractivity contribution in [1.82, 2.24) is 10.2 Å². The third-order valence-electron chi connectivity index (χ3n) is 9.67. The molecule has 1 saturated carbocycles. The molecule has 4 heterocycles. The minimum Gasteiger partial charge on any atom is -0.497 e. The first-order chi connectivity index (χ1) is 20.9. The Labute approximate surface area is 250 Å². The molecule has 2 saturated heterocycles. The third kappa shape index (κ3) is 4.72. The van der Waals surface area contributed by atoms with E-state index in [1.54, 1.807) is 36.3 Å². The van der Waals surface area contributed by atoms with Gasteiger partial charge in [-0.25, -0.2) is 0 Å². The van der Waals surface area contributed by atoms with Gasteiger partial charge < -0.3 is 34.5 Å². The van der Waals surface area contributed by atoms with Gasteiger partial charge in [-0.1, -0.05) is 50.1 Å².